The van der Waals surface area contributed by atoms with E-state index in [4.69, 9.17) is 4.74 Å². The van der Waals surface area contributed by atoms with Crippen LogP contribution in [0.5, 0.6) is 0 Å². The Hall–Kier alpha value is -2.04. The molecule has 0 radical (unpaired) electrons. The Morgan fingerprint density at radius 1 is 1.19 bits per heavy atom. The molecule has 1 N–H and O–H groups in total. The number of hydrogen-bond donors (Lipinski definition) is 1. The molecule has 0 spiro atoms. The lowest BCUT2D eigenvalue weighted by Crippen LogP contribution is -2.48. The van der Waals surface area contributed by atoms with Crippen molar-refractivity contribution in [2.75, 3.05) is 13.1 Å². The molecule has 2 amide bonds. The minimum absolute atomic E-state index is 0.0358. The number of piperidine rings is 1. The van der Waals surface area contributed by atoms with Crippen LogP contribution in [0.2, 0.25) is 0 Å². The number of nitrogens with zero attached hydrogens (tertiary/aromatic N) is 1. The first-order valence-electron chi connectivity index (χ1n) is 7.43. The molecule has 5 heteroatoms. The molecule has 5 nitrogen and oxygen atoms in total. The molecule has 1 atom stereocenters. The van der Waals surface area contributed by atoms with Crippen molar-refractivity contribution < 1.29 is 14.3 Å². The van der Waals surface area contributed by atoms with Crippen molar-refractivity contribution in [1.82, 2.24) is 10.2 Å². The number of hydrogen-bond acceptors (Lipinski definition) is 3. The minimum atomic E-state index is -0.559. The van der Waals surface area contributed by atoms with Gasteiger partial charge < -0.3 is 15.0 Å². The Labute approximate surface area is 125 Å². The van der Waals surface area contributed by atoms with Gasteiger partial charge in [0.05, 0.1) is 0 Å². The van der Waals surface area contributed by atoms with Gasteiger partial charge in [-0.3, -0.25) is 4.79 Å². The molecule has 1 fully saturated rings. The molecule has 21 heavy (non-hydrogen) atoms. The summed E-state index contributed by atoms with van der Waals surface area (Å²) in [6.45, 7) is 3.46. The number of ether oxygens (including phenoxy) is 1. The van der Waals surface area contributed by atoms with Crippen LogP contribution in [0.1, 0.15) is 31.7 Å². The van der Waals surface area contributed by atoms with E-state index in [0.717, 1.165) is 31.5 Å². The Bertz CT molecular complexity index is 470. The van der Waals surface area contributed by atoms with Crippen molar-refractivity contribution in [3.8, 4) is 0 Å². The first-order chi connectivity index (χ1) is 10.2. The summed E-state index contributed by atoms with van der Waals surface area (Å²) in [6.07, 6.45) is 2.69. The number of carbonyl (C=O) groups excluding carboxylic acids is 2. The molecule has 0 saturated carbocycles. The van der Waals surface area contributed by atoms with Gasteiger partial charge in [0.1, 0.15) is 12.6 Å². The largest absolute Gasteiger partial charge is 0.445 e. The zero-order valence-electron chi connectivity index (χ0n) is 12.4. The Morgan fingerprint density at radius 3 is 2.52 bits per heavy atom. The maximum absolute atomic E-state index is 12.2. The molecule has 1 heterocycles. The number of amides is 2. The molecule has 1 saturated heterocycles. The van der Waals surface area contributed by atoms with Gasteiger partial charge in [-0.25, -0.2) is 4.79 Å². The zero-order valence-corrected chi connectivity index (χ0v) is 12.4. The fourth-order valence-corrected chi connectivity index (χ4v) is 2.39. The predicted octanol–water partition coefficient (Wildman–Crippen LogP) is 2.31. The van der Waals surface area contributed by atoms with Gasteiger partial charge in [0, 0.05) is 13.1 Å². The van der Waals surface area contributed by atoms with E-state index in [9.17, 15) is 9.59 Å². The van der Waals surface area contributed by atoms with Crippen LogP contribution in [0, 0.1) is 0 Å². The predicted molar refractivity (Wildman–Crippen MR) is 79.7 cm³/mol. The highest BCUT2D eigenvalue weighted by Crippen LogP contribution is 2.10. The standard InChI is InChI=1S/C16H22N2O3/c1-13(15(19)18-10-6-3-7-11-18)17-16(20)21-12-14-8-4-2-5-9-14/h2,4-5,8-9,13H,3,6-7,10-12H2,1H3,(H,17,20). The van der Waals surface area contributed by atoms with E-state index in [1.165, 1.54) is 6.42 Å². The van der Waals surface area contributed by atoms with Gasteiger partial charge in [0.2, 0.25) is 5.91 Å². The second-order valence-corrected chi connectivity index (χ2v) is 5.31. The summed E-state index contributed by atoms with van der Waals surface area (Å²) >= 11 is 0. The van der Waals surface area contributed by atoms with Gasteiger partial charge in [0.25, 0.3) is 0 Å². The second kappa shape index (κ2) is 7.67. The fourth-order valence-electron chi connectivity index (χ4n) is 2.39. The molecule has 0 aromatic heterocycles. The van der Waals surface area contributed by atoms with Crippen LogP contribution in [0.4, 0.5) is 4.79 Å². The van der Waals surface area contributed by atoms with Gasteiger partial charge in [0.15, 0.2) is 0 Å². The van der Waals surface area contributed by atoms with E-state index in [1.54, 1.807) is 6.92 Å². The summed E-state index contributed by atoms with van der Waals surface area (Å²) in [5.41, 5.74) is 0.919. The first-order valence-corrected chi connectivity index (χ1v) is 7.43. The fraction of sp³-hybridized carbons (Fsp3) is 0.500. The maximum atomic E-state index is 12.2. The summed E-state index contributed by atoms with van der Waals surface area (Å²) in [5, 5.41) is 2.59. The lowest BCUT2D eigenvalue weighted by atomic mass is 10.1. The van der Waals surface area contributed by atoms with Crippen LogP contribution in [0.25, 0.3) is 0 Å². The van der Waals surface area contributed by atoms with Gasteiger partial charge in [-0.2, -0.15) is 0 Å². The van der Waals surface area contributed by atoms with E-state index >= 15 is 0 Å². The smallest absolute Gasteiger partial charge is 0.408 e. The van der Waals surface area contributed by atoms with Gasteiger partial charge in [-0.1, -0.05) is 30.3 Å². The molecule has 0 bridgehead atoms. The quantitative estimate of drug-likeness (QED) is 0.925. The Kier molecular flexibility index (Phi) is 5.60. The topological polar surface area (TPSA) is 58.6 Å². The molecular formula is C16H22N2O3. The number of likely N-dealkylation sites (tertiary alicyclic amines) is 1. The van der Waals surface area contributed by atoms with Crippen LogP contribution < -0.4 is 5.32 Å². The van der Waals surface area contributed by atoms with E-state index in [-0.39, 0.29) is 12.5 Å². The average molecular weight is 290 g/mol. The van der Waals surface area contributed by atoms with Crippen molar-refractivity contribution in [2.45, 2.75) is 38.8 Å². The Balaban J connectivity index is 1.74. The number of alkyl carbamates (subject to hydrolysis) is 1. The van der Waals surface area contributed by atoms with E-state index in [2.05, 4.69) is 5.32 Å². The van der Waals surface area contributed by atoms with Gasteiger partial charge in [-0.05, 0) is 31.7 Å². The normalized spacial score (nSPS) is 16.1. The molecular weight excluding hydrogens is 268 g/mol. The summed E-state index contributed by atoms with van der Waals surface area (Å²) in [5.74, 6) is -0.0358. The Morgan fingerprint density at radius 2 is 1.86 bits per heavy atom. The number of benzene rings is 1. The molecule has 0 aliphatic carbocycles. The highest BCUT2D eigenvalue weighted by atomic mass is 16.5. The zero-order chi connectivity index (χ0) is 15.1. The lowest BCUT2D eigenvalue weighted by molar-refractivity contribution is -0.133. The maximum Gasteiger partial charge on any atom is 0.408 e. The highest BCUT2D eigenvalue weighted by Gasteiger charge is 2.23. The van der Waals surface area contributed by atoms with E-state index in [0.29, 0.717) is 0 Å². The molecule has 1 aromatic carbocycles. The molecule has 1 aromatic rings. The third kappa shape index (κ3) is 4.77. The van der Waals surface area contributed by atoms with Crippen molar-refractivity contribution >= 4 is 12.0 Å². The first kappa shape index (κ1) is 15.4. The molecule has 1 aliphatic heterocycles. The monoisotopic (exact) mass is 290 g/mol. The van der Waals surface area contributed by atoms with Crippen molar-refractivity contribution in [3.05, 3.63) is 35.9 Å². The van der Waals surface area contributed by atoms with Crippen LogP contribution in [-0.2, 0) is 16.1 Å². The van der Waals surface area contributed by atoms with Crippen molar-refractivity contribution in [1.29, 1.82) is 0 Å². The molecule has 1 aliphatic rings. The van der Waals surface area contributed by atoms with Crippen LogP contribution in [0.15, 0.2) is 30.3 Å². The second-order valence-electron chi connectivity index (χ2n) is 5.31. The van der Waals surface area contributed by atoms with E-state index in [1.807, 2.05) is 35.2 Å². The number of carbonyl (C=O) groups is 2. The van der Waals surface area contributed by atoms with E-state index < -0.39 is 12.1 Å². The van der Waals surface area contributed by atoms with Crippen molar-refractivity contribution in [2.24, 2.45) is 0 Å². The summed E-state index contributed by atoms with van der Waals surface area (Å²) in [6, 6.07) is 8.90. The SMILES string of the molecule is CC(NC(=O)OCc1ccccc1)C(=O)N1CCCCC1. The third-order valence-corrected chi connectivity index (χ3v) is 3.59. The molecule has 1 unspecified atom stereocenters. The van der Waals surface area contributed by atoms with Gasteiger partial charge >= 0.3 is 6.09 Å². The number of nitrogens with one attached hydrogen (secondary N) is 1. The average Bonchev–Trinajstić information content (AvgIpc) is 2.54. The summed E-state index contributed by atoms with van der Waals surface area (Å²) in [4.78, 5) is 25.7. The molecule has 2 rings (SSSR count). The number of rotatable bonds is 4. The highest BCUT2D eigenvalue weighted by molar-refractivity contribution is 5.85. The summed E-state index contributed by atoms with van der Waals surface area (Å²) < 4.78 is 5.12. The lowest BCUT2D eigenvalue weighted by Gasteiger charge is -2.29. The third-order valence-electron chi connectivity index (χ3n) is 3.59. The van der Waals surface area contributed by atoms with Crippen LogP contribution in [0.3, 0.4) is 0 Å². The van der Waals surface area contributed by atoms with Crippen LogP contribution in [-0.4, -0.2) is 36.0 Å². The van der Waals surface area contributed by atoms with Crippen LogP contribution >= 0.6 is 0 Å². The summed E-state index contributed by atoms with van der Waals surface area (Å²) in [7, 11) is 0. The molecule has 114 valence electrons. The minimum Gasteiger partial charge on any atom is -0.445 e. The van der Waals surface area contributed by atoms with Crippen molar-refractivity contribution in [3.63, 3.8) is 0 Å². The van der Waals surface area contributed by atoms with Gasteiger partial charge in [-0.15, -0.1) is 0 Å².